The van der Waals surface area contributed by atoms with E-state index >= 15 is 0 Å². The third-order valence-corrected chi connectivity index (χ3v) is 5.86. The summed E-state index contributed by atoms with van der Waals surface area (Å²) in [4.78, 5) is 2.24. The number of likely N-dealkylation sites (N-methyl/N-ethyl adjacent to an activating group) is 1. The van der Waals surface area contributed by atoms with E-state index in [2.05, 4.69) is 11.9 Å². The van der Waals surface area contributed by atoms with Crippen LogP contribution in [0.1, 0.15) is 35.6 Å². The molecule has 0 aliphatic carbocycles. The SMILES string of the molecule is CN1[C@H](C(O)(c2ccccc2)c2ccccc2)CC[C@H]1c1ccc(F)cc1. The first-order valence-corrected chi connectivity index (χ1v) is 9.41. The standard InChI is InChI=1S/C24H24FNO/c1-26-22(18-12-14-21(25)15-13-18)16-17-23(26)24(27,19-8-4-2-5-9-19)20-10-6-3-7-11-20/h2-15,22-23,27H,16-17H2,1H3/t22-,23-/m0/s1. The predicted molar refractivity (Wildman–Crippen MR) is 106 cm³/mol. The Balaban J connectivity index is 1.74. The lowest BCUT2D eigenvalue weighted by Gasteiger charge is -2.40. The number of rotatable bonds is 4. The highest BCUT2D eigenvalue weighted by Crippen LogP contribution is 2.45. The highest BCUT2D eigenvalue weighted by molar-refractivity contribution is 5.39. The fraction of sp³-hybridized carbons (Fsp3) is 0.250. The molecule has 1 N–H and O–H groups in total. The van der Waals surface area contributed by atoms with Gasteiger partial charge in [0.25, 0.3) is 0 Å². The van der Waals surface area contributed by atoms with E-state index in [9.17, 15) is 9.50 Å². The topological polar surface area (TPSA) is 23.5 Å². The van der Waals surface area contributed by atoms with Crippen molar-refractivity contribution in [3.05, 3.63) is 107 Å². The maximum atomic E-state index is 13.3. The molecule has 0 bridgehead atoms. The van der Waals surface area contributed by atoms with Crippen molar-refractivity contribution in [2.24, 2.45) is 0 Å². The summed E-state index contributed by atoms with van der Waals surface area (Å²) in [6, 6.07) is 26.6. The highest BCUT2D eigenvalue weighted by atomic mass is 19.1. The summed E-state index contributed by atoms with van der Waals surface area (Å²) in [6.07, 6.45) is 1.79. The highest BCUT2D eigenvalue weighted by Gasteiger charge is 2.47. The second kappa shape index (κ2) is 7.26. The molecule has 1 fully saturated rings. The van der Waals surface area contributed by atoms with Gasteiger partial charge in [-0.1, -0.05) is 72.8 Å². The summed E-state index contributed by atoms with van der Waals surface area (Å²) >= 11 is 0. The van der Waals surface area contributed by atoms with E-state index in [1.165, 1.54) is 12.1 Å². The number of hydrogen-bond donors (Lipinski definition) is 1. The zero-order valence-electron chi connectivity index (χ0n) is 15.4. The van der Waals surface area contributed by atoms with Crippen molar-refractivity contribution in [3.63, 3.8) is 0 Å². The Morgan fingerprint density at radius 2 is 1.33 bits per heavy atom. The van der Waals surface area contributed by atoms with Crippen molar-refractivity contribution in [3.8, 4) is 0 Å². The zero-order chi connectivity index (χ0) is 18.9. The minimum absolute atomic E-state index is 0.0719. The number of likely N-dealkylation sites (tertiary alicyclic amines) is 1. The van der Waals surface area contributed by atoms with Gasteiger partial charge in [0.1, 0.15) is 11.4 Å². The largest absolute Gasteiger partial charge is 0.379 e. The Bertz CT molecular complexity index is 840. The second-order valence-corrected chi connectivity index (χ2v) is 7.32. The number of halogens is 1. The van der Waals surface area contributed by atoms with Crippen molar-refractivity contribution in [1.29, 1.82) is 0 Å². The van der Waals surface area contributed by atoms with Gasteiger partial charge in [-0.15, -0.1) is 0 Å². The summed E-state index contributed by atoms with van der Waals surface area (Å²) in [5.74, 6) is -0.221. The number of nitrogens with zero attached hydrogens (tertiary/aromatic N) is 1. The Morgan fingerprint density at radius 3 is 1.85 bits per heavy atom. The molecule has 0 aromatic heterocycles. The van der Waals surface area contributed by atoms with E-state index in [0.717, 1.165) is 29.5 Å². The average molecular weight is 361 g/mol. The van der Waals surface area contributed by atoms with Gasteiger partial charge in [0, 0.05) is 12.1 Å². The molecule has 4 rings (SSSR count). The second-order valence-electron chi connectivity index (χ2n) is 7.32. The summed E-state index contributed by atoms with van der Waals surface area (Å²) in [5, 5.41) is 12.0. The monoisotopic (exact) mass is 361 g/mol. The van der Waals surface area contributed by atoms with E-state index in [-0.39, 0.29) is 17.9 Å². The summed E-state index contributed by atoms with van der Waals surface area (Å²) in [5.41, 5.74) is 1.77. The molecule has 2 nitrogen and oxygen atoms in total. The summed E-state index contributed by atoms with van der Waals surface area (Å²) in [7, 11) is 2.06. The lowest BCUT2D eigenvalue weighted by molar-refractivity contribution is -0.00404. The third kappa shape index (κ3) is 3.18. The molecule has 3 aromatic carbocycles. The van der Waals surface area contributed by atoms with Gasteiger partial charge in [-0.25, -0.2) is 4.39 Å². The maximum absolute atomic E-state index is 13.3. The first-order valence-electron chi connectivity index (χ1n) is 9.41. The van der Waals surface area contributed by atoms with E-state index in [1.807, 2.05) is 72.8 Å². The quantitative estimate of drug-likeness (QED) is 0.715. The van der Waals surface area contributed by atoms with Crippen LogP contribution in [0, 0.1) is 5.82 Å². The van der Waals surface area contributed by atoms with Crippen molar-refractivity contribution in [1.82, 2.24) is 4.90 Å². The van der Waals surface area contributed by atoms with Gasteiger partial charge >= 0.3 is 0 Å². The van der Waals surface area contributed by atoms with Crippen LogP contribution in [0.3, 0.4) is 0 Å². The van der Waals surface area contributed by atoms with Crippen LogP contribution in [0.25, 0.3) is 0 Å². The summed E-state index contributed by atoms with van der Waals surface area (Å²) in [6.45, 7) is 0. The molecule has 3 aromatic rings. The minimum Gasteiger partial charge on any atom is -0.379 e. The molecule has 0 saturated carbocycles. The van der Waals surface area contributed by atoms with Crippen molar-refractivity contribution >= 4 is 0 Å². The molecule has 1 aliphatic rings. The van der Waals surface area contributed by atoms with E-state index in [1.54, 1.807) is 0 Å². The van der Waals surface area contributed by atoms with Crippen LogP contribution in [0.2, 0.25) is 0 Å². The Labute approximate surface area is 159 Å². The summed E-state index contributed by atoms with van der Waals surface area (Å²) < 4.78 is 13.3. The van der Waals surface area contributed by atoms with Gasteiger partial charge < -0.3 is 5.11 Å². The van der Waals surface area contributed by atoms with Gasteiger partial charge in [-0.3, -0.25) is 4.90 Å². The minimum atomic E-state index is -1.11. The molecule has 1 aliphatic heterocycles. The van der Waals surface area contributed by atoms with Crippen LogP contribution in [0.4, 0.5) is 4.39 Å². The van der Waals surface area contributed by atoms with Crippen LogP contribution in [0.15, 0.2) is 84.9 Å². The van der Waals surface area contributed by atoms with E-state index < -0.39 is 5.60 Å². The number of aliphatic hydroxyl groups is 1. The van der Waals surface area contributed by atoms with Crippen LogP contribution >= 0.6 is 0 Å². The van der Waals surface area contributed by atoms with Crippen LogP contribution in [0.5, 0.6) is 0 Å². The lowest BCUT2D eigenvalue weighted by Crippen LogP contribution is -2.47. The van der Waals surface area contributed by atoms with Crippen LogP contribution < -0.4 is 0 Å². The molecule has 138 valence electrons. The fourth-order valence-corrected chi connectivity index (χ4v) is 4.47. The first-order chi connectivity index (χ1) is 13.1. The molecule has 0 radical (unpaired) electrons. The molecule has 1 heterocycles. The predicted octanol–water partition coefficient (Wildman–Crippen LogP) is 4.90. The van der Waals surface area contributed by atoms with Crippen molar-refractivity contribution in [2.45, 2.75) is 30.5 Å². The normalized spacial score (nSPS) is 20.7. The Morgan fingerprint density at radius 1 is 0.815 bits per heavy atom. The van der Waals surface area contributed by atoms with E-state index in [4.69, 9.17) is 0 Å². The smallest absolute Gasteiger partial charge is 0.130 e. The van der Waals surface area contributed by atoms with Gasteiger partial charge in [-0.2, -0.15) is 0 Å². The zero-order valence-corrected chi connectivity index (χ0v) is 15.4. The number of hydrogen-bond acceptors (Lipinski definition) is 2. The molecule has 0 unspecified atom stereocenters. The van der Waals surface area contributed by atoms with Gasteiger partial charge in [0.2, 0.25) is 0 Å². The maximum Gasteiger partial charge on any atom is 0.130 e. The lowest BCUT2D eigenvalue weighted by atomic mass is 9.79. The van der Waals surface area contributed by atoms with Crippen LogP contribution in [-0.4, -0.2) is 23.1 Å². The molecule has 2 atom stereocenters. The third-order valence-electron chi connectivity index (χ3n) is 5.86. The fourth-order valence-electron chi connectivity index (χ4n) is 4.47. The van der Waals surface area contributed by atoms with E-state index in [0.29, 0.717) is 0 Å². The molecule has 0 amide bonds. The Kier molecular flexibility index (Phi) is 4.81. The van der Waals surface area contributed by atoms with Crippen molar-refractivity contribution in [2.75, 3.05) is 7.05 Å². The molecular formula is C24H24FNO. The molecule has 0 spiro atoms. The van der Waals surface area contributed by atoms with Gasteiger partial charge in [0.15, 0.2) is 0 Å². The van der Waals surface area contributed by atoms with Crippen molar-refractivity contribution < 1.29 is 9.50 Å². The van der Waals surface area contributed by atoms with Gasteiger partial charge in [-0.05, 0) is 48.7 Å². The average Bonchev–Trinajstić information content (AvgIpc) is 3.11. The molecule has 3 heteroatoms. The molecule has 27 heavy (non-hydrogen) atoms. The van der Waals surface area contributed by atoms with Crippen LogP contribution in [-0.2, 0) is 5.60 Å². The number of benzene rings is 3. The Hall–Kier alpha value is -2.49. The first kappa shape index (κ1) is 17.9. The van der Waals surface area contributed by atoms with Gasteiger partial charge in [0.05, 0.1) is 0 Å². The molecular weight excluding hydrogens is 337 g/mol. The molecule has 1 saturated heterocycles.